The summed E-state index contributed by atoms with van der Waals surface area (Å²) in [7, 11) is 0. The summed E-state index contributed by atoms with van der Waals surface area (Å²) in [5, 5.41) is 24.9. The second-order valence-electron chi connectivity index (χ2n) is 5.17. The number of rotatable bonds is 5. The number of aryl methyl sites for hydroxylation is 1. The minimum absolute atomic E-state index is 0.361. The first-order valence-corrected chi connectivity index (χ1v) is 8.15. The summed E-state index contributed by atoms with van der Waals surface area (Å²) in [6, 6.07) is 13.9. The van der Waals surface area contributed by atoms with Crippen molar-refractivity contribution in [1.82, 2.24) is 4.98 Å². The van der Waals surface area contributed by atoms with Crippen LogP contribution in [0, 0.1) is 17.0 Å². The number of aromatic nitrogens is 1. The number of nitro groups is 1. The molecule has 0 atom stereocenters. The van der Waals surface area contributed by atoms with Crippen LogP contribution in [0.2, 0.25) is 0 Å². The van der Waals surface area contributed by atoms with Gasteiger partial charge in [-0.25, -0.2) is 4.98 Å². The lowest BCUT2D eigenvalue weighted by Gasteiger charge is -1.98. The van der Waals surface area contributed by atoms with Gasteiger partial charge < -0.3 is 5.11 Å². The van der Waals surface area contributed by atoms with Gasteiger partial charge in [0.15, 0.2) is 5.75 Å². The van der Waals surface area contributed by atoms with Crippen LogP contribution in [0.25, 0.3) is 11.3 Å². The molecule has 7 nitrogen and oxygen atoms in total. The number of thiazole rings is 1. The highest BCUT2D eigenvalue weighted by molar-refractivity contribution is 7.15. The average Bonchev–Trinajstić information content (AvgIpc) is 2.97. The Labute approximate surface area is 147 Å². The van der Waals surface area contributed by atoms with E-state index in [2.05, 4.69) is 15.5 Å². The Morgan fingerprint density at radius 2 is 2.04 bits per heavy atom. The summed E-state index contributed by atoms with van der Waals surface area (Å²) in [5.41, 5.74) is 4.89. The van der Waals surface area contributed by atoms with Gasteiger partial charge in [-0.1, -0.05) is 30.3 Å². The SMILES string of the molecule is Cc1sc(N/N=C/c2ccc(O)c([N+](=O)[O-])c2)nc1-c1ccccc1. The van der Waals surface area contributed by atoms with Crippen molar-refractivity contribution in [1.29, 1.82) is 0 Å². The van der Waals surface area contributed by atoms with E-state index in [0.29, 0.717) is 10.7 Å². The monoisotopic (exact) mass is 354 g/mol. The van der Waals surface area contributed by atoms with Crippen LogP contribution in [-0.4, -0.2) is 21.2 Å². The van der Waals surface area contributed by atoms with Gasteiger partial charge in [0.25, 0.3) is 0 Å². The fraction of sp³-hybridized carbons (Fsp3) is 0.0588. The molecule has 126 valence electrons. The van der Waals surface area contributed by atoms with Crippen LogP contribution in [0.15, 0.2) is 53.6 Å². The standard InChI is InChI=1S/C17H14N4O3S/c1-11-16(13-5-3-2-4-6-13)19-17(25-11)20-18-10-12-7-8-15(22)14(9-12)21(23)24/h2-10,22H,1H3,(H,19,20)/b18-10+. The Kier molecular flexibility index (Phi) is 4.71. The van der Waals surface area contributed by atoms with Crippen LogP contribution in [0.5, 0.6) is 5.75 Å². The maximum Gasteiger partial charge on any atom is 0.311 e. The number of hydrogen-bond acceptors (Lipinski definition) is 7. The Hall–Kier alpha value is -3.26. The summed E-state index contributed by atoms with van der Waals surface area (Å²) in [6.45, 7) is 1.98. The van der Waals surface area contributed by atoms with Gasteiger partial charge >= 0.3 is 5.69 Å². The number of hydrogen-bond donors (Lipinski definition) is 2. The molecule has 0 saturated heterocycles. The molecule has 0 saturated carbocycles. The number of nitrogens with zero attached hydrogens (tertiary/aromatic N) is 3. The lowest BCUT2D eigenvalue weighted by molar-refractivity contribution is -0.385. The van der Waals surface area contributed by atoms with Gasteiger partial charge in [-0.05, 0) is 19.1 Å². The largest absolute Gasteiger partial charge is 0.502 e. The van der Waals surface area contributed by atoms with E-state index in [1.54, 1.807) is 0 Å². The van der Waals surface area contributed by atoms with E-state index in [4.69, 9.17) is 0 Å². The van der Waals surface area contributed by atoms with Crippen molar-refractivity contribution in [3.63, 3.8) is 0 Å². The highest BCUT2D eigenvalue weighted by atomic mass is 32.1. The Morgan fingerprint density at radius 3 is 2.76 bits per heavy atom. The lowest BCUT2D eigenvalue weighted by atomic mass is 10.1. The minimum atomic E-state index is -0.642. The van der Waals surface area contributed by atoms with Crippen molar-refractivity contribution in [3.05, 3.63) is 69.1 Å². The molecule has 1 heterocycles. The van der Waals surface area contributed by atoms with Crippen molar-refractivity contribution < 1.29 is 10.0 Å². The van der Waals surface area contributed by atoms with Crippen LogP contribution < -0.4 is 5.43 Å². The fourth-order valence-electron chi connectivity index (χ4n) is 2.24. The summed E-state index contributed by atoms with van der Waals surface area (Å²) in [4.78, 5) is 15.8. The molecule has 0 aliphatic rings. The number of hydrazone groups is 1. The van der Waals surface area contributed by atoms with Gasteiger partial charge in [-0.2, -0.15) is 5.10 Å². The second kappa shape index (κ2) is 7.10. The molecule has 2 N–H and O–H groups in total. The van der Waals surface area contributed by atoms with Gasteiger partial charge in [-0.3, -0.25) is 15.5 Å². The van der Waals surface area contributed by atoms with Crippen LogP contribution in [0.4, 0.5) is 10.8 Å². The number of aromatic hydroxyl groups is 1. The molecule has 0 fully saturated rings. The minimum Gasteiger partial charge on any atom is -0.502 e. The van der Waals surface area contributed by atoms with E-state index in [0.717, 1.165) is 16.1 Å². The van der Waals surface area contributed by atoms with Gasteiger partial charge in [0.1, 0.15) is 0 Å². The third-order valence-electron chi connectivity index (χ3n) is 3.41. The van der Waals surface area contributed by atoms with Gasteiger partial charge in [0, 0.05) is 22.1 Å². The molecular weight excluding hydrogens is 340 g/mol. The van der Waals surface area contributed by atoms with E-state index in [-0.39, 0.29) is 11.4 Å². The average molecular weight is 354 g/mol. The van der Waals surface area contributed by atoms with E-state index in [1.807, 2.05) is 37.3 Å². The molecule has 1 aromatic heterocycles. The van der Waals surface area contributed by atoms with E-state index in [9.17, 15) is 15.2 Å². The predicted molar refractivity (Wildman–Crippen MR) is 98.3 cm³/mol. The first-order valence-electron chi connectivity index (χ1n) is 7.34. The van der Waals surface area contributed by atoms with Crippen LogP contribution in [0.3, 0.4) is 0 Å². The molecule has 2 aromatic carbocycles. The van der Waals surface area contributed by atoms with Gasteiger partial charge in [0.2, 0.25) is 5.13 Å². The van der Waals surface area contributed by atoms with Crippen molar-refractivity contribution in [2.45, 2.75) is 6.92 Å². The number of anilines is 1. The quantitative estimate of drug-likeness (QED) is 0.407. The summed E-state index contributed by atoms with van der Waals surface area (Å²) < 4.78 is 0. The van der Waals surface area contributed by atoms with Gasteiger partial charge in [0.05, 0.1) is 16.8 Å². The van der Waals surface area contributed by atoms with Crippen molar-refractivity contribution in [2.75, 3.05) is 5.43 Å². The molecule has 0 radical (unpaired) electrons. The van der Waals surface area contributed by atoms with Crippen molar-refractivity contribution in [3.8, 4) is 17.0 Å². The number of benzene rings is 2. The smallest absolute Gasteiger partial charge is 0.311 e. The normalized spacial score (nSPS) is 10.9. The summed E-state index contributed by atoms with van der Waals surface area (Å²) in [5.74, 6) is -0.377. The first-order chi connectivity index (χ1) is 12.0. The van der Waals surface area contributed by atoms with Crippen molar-refractivity contribution >= 4 is 28.4 Å². The zero-order chi connectivity index (χ0) is 17.8. The third-order valence-corrected chi connectivity index (χ3v) is 4.29. The number of nitrogens with one attached hydrogen (secondary N) is 1. The predicted octanol–water partition coefficient (Wildman–Crippen LogP) is 4.18. The third kappa shape index (κ3) is 3.81. The second-order valence-corrected chi connectivity index (χ2v) is 6.37. The van der Waals surface area contributed by atoms with Crippen LogP contribution in [-0.2, 0) is 0 Å². The molecule has 25 heavy (non-hydrogen) atoms. The summed E-state index contributed by atoms with van der Waals surface area (Å²) >= 11 is 1.47. The molecule has 0 amide bonds. The molecule has 3 rings (SSSR count). The Balaban J connectivity index is 1.75. The highest BCUT2D eigenvalue weighted by Crippen LogP contribution is 2.30. The van der Waals surface area contributed by atoms with Crippen LogP contribution >= 0.6 is 11.3 Å². The first kappa shape index (κ1) is 16.6. The highest BCUT2D eigenvalue weighted by Gasteiger charge is 2.13. The molecule has 0 bridgehead atoms. The van der Waals surface area contributed by atoms with Crippen molar-refractivity contribution in [2.24, 2.45) is 5.10 Å². The van der Waals surface area contributed by atoms with Gasteiger partial charge in [-0.15, -0.1) is 11.3 Å². The lowest BCUT2D eigenvalue weighted by Crippen LogP contribution is -1.93. The molecule has 8 heteroatoms. The molecule has 0 aliphatic heterocycles. The van der Waals surface area contributed by atoms with E-state index < -0.39 is 4.92 Å². The molecular formula is C17H14N4O3S. The number of phenols is 1. The molecule has 0 unspecified atom stereocenters. The summed E-state index contributed by atoms with van der Waals surface area (Å²) in [6.07, 6.45) is 1.44. The zero-order valence-corrected chi connectivity index (χ0v) is 14.0. The van der Waals surface area contributed by atoms with E-state index >= 15 is 0 Å². The topological polar surface area (TPSA) is 101 Å². The van der Waals surface area contributed by atoms with Crippen LogP contribution in [0.1, 0.15) is 10.4 Å². The maximum atomic E-state index is 10.8. The van der Waals surface area contributed by atoms with E-state index in [1.165, 1.54) is 35.8 Å². The molecule has 0 aliphatic carbocycles. The number of phenolic OH excluding ortho intramolecular Hbond substituents is 1. The Bertz CT molecular complexity index is 938. The molecule has 0 spiro atoms. The fourth-order valence-corrected chi connectivity index (χ4v) is 3.02. The number of nitro benzene ring substituents is 1. The Morgan fingerprint density at radius 1 is 1.28 bits per heavy atom. The zero-order valence-electron chi connectivity index (χ0n) is 13.2. The molecule has 3 aromatic rings. The maximum absolute atomic E-state index is 10.8.